The lowest BCUT2D eigenvalue weighted by Crippen LogP contribution is -2.21. The smallest absolute Gasteiger partial charge is 0.291 e. The fraction of sp³-hybridized carbons (Fsp3) is 0.389. The summed E-state index contributed by atoms with van der Waals surface area (Å²) in [5.74, 6) is 0.251. The molecule has 1 saturated carbocycles. The number of carbonyl (C=O) groups is 1. The van der Waals surface area contributed by atoms with Crippen LogP contribution in [0.15, 0.2) is 35.4 Å². The number of aromatic nitrogens is 2. The van der Waals surface area contributed by atoms with Gasteiger partial charge < -0.3 is 4.90 Å². The molecular formula is C18H23N5O. The fourth-order valence-corrected chi connectivity index (χ4v) is 2.64. The highest BCUT2D eigenvalue weighted by atomic mass is 16.2. The van der Waals surface area contributed by atoms with Crippen molar-refractivity contribution in [2.75, 3.05) is 18.0 Å². The van der Waals surface area contributed by atoms with Crippen LogP contribution in [0.1, 0.15) is 54.4 Å². The van der Waals surface area contributed by atoms with Gasteiger partial charge in [-0.3, -0.25) is 9.89 Å². The Labute approximate surface area is 142 Å². The van der Waals surface area contributed by atoms with E-state index in [-0.39, 0.29) is 5.91 Å². The third kappa shape index (κ3) is 3.82. The summed E-state index contributed by atoms with van der Waals surface area (Å²) in [4.78, 5) is 14.3. The first kappa shape index (κ1) is 16.2. The maximum Gasteiger partial charge on any atom is 0.291 e. The van der Waals surface area contributed by atoms with Crippen LogP contribution in [0.5, 0.6) is 0 Å². The molecule has 0 atom stereocenters. The minimum Gasteiger partial charge on any atom is -0.372 e. The minimum absolute atomic E-state index is 0.297. The molecule has 24 heavy (non-hydrogen) atoms. The molecule has 1 aromatic heterocycles. The van der Waals surface area contributed by atoms with Crippen molar-refractivity contribution in [3.05, 3.63) is 47.3 Å². The molecule has 1 amide bonds. The molecule has 126 valence electrons. The summed E-state index contributed by atoms with van der Waals surface area (Å²) in [6.07, 6.45) is 3.98. The number of hydrogen-bond donors (Lipinski definition) is 2. The topological polar surface area (TPSA) is 73.4 Å². The first-order chi connectivity index (χ1) is 11.7. The van der Waals surface area contributed by atoms with Gasteiger partial charge in [0.05, 0.1) is 6.21 Å². The summed E-state index contributed by atoms with van der Waals surface area (Å²) >= 11 is 0. The Kier molecular flexibility index (Phi) is 4.93. The summed E-state index contributed by atoms with van der Waals surface area (Å²) in [5, 5.41) is 11.0. The van der Waals surface area contributed by atoms with Gasteiger partial charge in [0.2, 0.25) is 0 Å². The van der Waals surface area contributed by atoms with E-state index < -0.39 is 0 Å². The van der Waals surface area contributed by atoms with E-state index in [2.05, 4.69) is 51.6 Å². The molecule has 0 aliphatic heterocycles. The fourth-order valence-electron chi connectivity index (χ4n) is 2.64. The SMILES string of the molecule is CCN(CC)c1ccc(/C=N\NC(=O)c2cc(C3CC3)[nH]n2)cc1. The Hall–Kier alpha value is -2.63. The quantitative estimate of drug-likeness (QED) is 0.607. The molecule has 6 heteroatoms. The zero-order valence-electron chi connectivity index (χ0n) is 14.1. The lowest BCUT2D eigenvalue weighted by atomic mass is 10.2. The number of hydrazone groups is 1. The van der Waals surface area contributed by atoms with E-state index in [1.807, 2.05) is 12.1 Å². The summed E-state index contributed by atoms with van der Waals surface area (Å²) in [6, 6.07) is 9.91. The van der Waals surface area contributed by atoms with Gasteiger partial charge in [-0.05, 0) is 50.5 Å². The first-order valence-corrected chi connectivity index (χ1v) is 8.45. The van der Waals surface area contributed by atoms with E-state index in [1.54, 1.807) is 12.3 Å². The lowest BCUT2D eigenvalue weighted by Gasteiger charge is -2.20. The van der Waals surface area contributed by atoms with Gasteiger partial charge in [-0.15, -0.1) is 0 Å². The summed E-state index contributed by atoms with van der Waals surface area (Å²) in [5.41, 5.74) is 6.06. The molecule has 2 aromatic rings. The molecule has 0 bridgehead atoms. The van der Waals surface area contributed by atoms with Crippen LogP contribution < -0.4 is 10.3 Å². The second kappa shape index (κ2) is 7.29. The van der Waals surface area contributed by atoms with Crippen LogP contribution in [0.4, 0.5) is 5.69 Å². The Morgan fingerprint density at radius 1 is 1.33 bits per heavy atom. The molecule has 3 rings (SSSR count). The molecule has 0 spiro atoms. The molecular weight excluding hydrogens is 302 g/mol. The van der Waals surface area contributed by atoms with Crippen molar-refractivity contribution in [1.82, 2.24) is 15.6 Å². The van der Waals surface area contributed by atoms with Crippen molar-refractivity contribution in [2.45, 2.75) is 32.6 Å². The van der Waals surface area contributed by atoms with E-state index in [4.69, 9.17) is 0 Å². The molecule has 1 aromatic carbocycles. The number of rotatable bonds is 7. The number of hydrogen-bond acceptors (Lipinski definition) is 4. The summed E-state index contributed by atoms with van der Waals surface area (Å²) in [7, 11) is 0. The Morgan fingerprint density at radius 2 is 2.04 bits per heavy atom. The van der Waals surface area contributed by atoms with Gasteiger partial charge >= 0.3 is 0 Å². The zero-order valence-corrected chi connectivity index (χ0v) is 14.1. The van der Waals surface area contributed by atoms with Crippen molar-refractivity contribution >= 4 is 17.8 Å². The third-order valence-electron chi connectivity index (χ3n) is 4.25. The number of anilines is 1. The average Bonchev–Trinajstić information content (AvgIpc) is 3.34. The number of H-pyrrole nitrogens is 1. The zero-order chi connectivity index (χ0) is 16.9. The molecule has 0 radical (unpaired) electrons. The highest BCUT2D eigenvalue weighted by Crippen LogP contribution is 2.38. The first-order valence-electron chi connectivity index (χ1n) is 8.45. The Bertz CT molecular complexity index is 711. The number of aromatic amines is 1. The summed E-state index contributed by atoms with van der Waals surface area (Å²) < 4.78 is 0. The van der Waals surface area contributed by atoms with Gasteiger partial charge in [0.15, 0.2) is 5.69 Å². The van der Waals surface area contributed by atoms with Crippen LogP contribution in [0.3, 0.4) is 0 Å². The van der Waals surface area contributed by atoms with Crippen LogP contribution in [-0.4, -0.2) is 35.4 Å². The van der Waals surface area contributed by atoms with Gasteiger partial charge in [0.25, 0.3) is 5.91 Å². The van der Waals surface area contributed by atoms with Crippen LogP contribution in [-0.2, 0) is 0 Å². The highest BCUT2D eigenvalue weighted by Gasteiger charge is 2.26. The summed E-state index contributed by atoms with van der Waals surface area (Å²) in [6.45, 7) is 6.23. The lowest BCUT2D eigenvalue weighted by molar-refractivity contribution is 0.0950. The predicted octanol–water partition coefficient (Wildman–Crippen LogP) is 2.90. The van der Waals surface area contributed by atoms with Crippen molar-refractivity contribution < 1.29 is 4.79 Å². The highest BCUT2D eigenvalue weighted by molar-refractivity contribution is 5.93. The van der Waals surface area contributed by atoms with E-state index in [1.165, 1.54) is 18.5 Å². The maximum atomic E-state index is 12.0. The van der Waals surface area contributed by atoms with Gasteiger partial charge in [-0.1, -0.05) is 12.1 Å². The molecule has 0 saturated heterocycles. The van der Waals surface area contributed by atoms with Crippen LogP contribution in [0.25, 0.3) is 0 Å². The number of benzene rings is 1. The van der Waals surface area contributed by atoms with E-state index in [0.717, 1.165) is 24.3 Å². The maximum absolute atomic E-state index is 12.0. The largest absolute Gasteiger partial charge is 0.372 e. The monoisotopic (exact) mass is 325 g/mol. The Balaban J connectivity index is 1.56. The van der Waals surface area contributed by atoms with E-state index >= 15 is 0 Å². The standard InChI is InChI=1S/C18H23N5O/c1-3-23(4-2)15-9-5-13(6-10-15)12-19-22-18(24)17-11-16(20-21-17)14-7-8-14/h5-6,9-12,14H,3-4,7-8H2,1-2H3,(H,20,21)(H,22,24)/b19-12-. The second-order valence-electron chi connectivity index (χ2n) is 5.95. The van der Waals surface area contributed by atoms with E-state index in [9.17, 15) is 4.79 Å². The normalized spacial score (nSPS) is 14.1. The molecule has 1 heterocycles. The van der Waals surface area contributed by atoms with Crippen LogP contribution in [0, 0.1) is 0 Å². The van der Waals surface area contributed by atoms with Gasteiger partial charge in [0.1, 0.15) is 0 Å². The number of carbonyl (C=O) groups excluding carboxylic acids is 1. The van der Waals surface area contributed by atoms with Crippen molar-refractivity contribution in [3.8, 4) is 0 Å². The van der Waals surface area contributed by atoms with Gasteiger partial charge in [-0.2, -0.15) is 10.2 Å². The van der Waals surface area contributed by atoms with Gasteiger partial charge in [0, 0.05) is 30.4 Å². The predicted molar refractivity (Wildman–Crippen MR) is 95.6 cm³/mol. The minimum atomic E-state index is -0.297. The number of nitrogens with zero attached hydrogens (tertiary/aromatic N) is 3. The number of nitrogens with one attached hydrogen (secondary N) is 2. The van der Waals surface area contributed by atoms with Crippen molar-refractivity contribution in [3.63, 3.8) is 0 Å². The second-order valence-corrected chi connectivity index (χ2v) is 5.95. The molecule has 1 fully saturated rings. The molecule has 1 aliphatic carbocycles. The van der Waals surface area contributed by atoms with Crippen LogP contribution in [0.2, 0.25) is 0 Å². The van der Waals surface area contributed by atoms with Crippen LogP contribution >= 0.6 is 0 Å². The average molecular weight is 325 g/mol. The number of amides is 1. The van der Waals surface area contributed by atoms with Crippen molar-refractivity contribution in [1.29, 1.82) is 0 Å². The Morgan fingerprint density at radius 3 is 2.67 bits per heavy atom. The third-order valence-corrected chi connectivity index (χ3v) is 4.25. The van der Waals surface area contributed by atoms with Crippen molar-refractivity contribution in [2.24, 2.45) is 5.10 Å². The molecule has 2 N–H and O–H groups in total. The van der Waals surface area contributed by atoms with E-state index in [0.29, 0.717) is 11.6 Å². The molecule has 1 aliphatic rings. The molecule has 0 unspecified atom stereocenters. The van der Waals surface area contributed by atoms with Gasteiger partial charge in [-0.25, -0.2) is 5.43 Å². The molecule has 6 nitrogen and oxygen atoms in total.